The van der Waals surface area contributed by atoms with E-state index in [0.29, 0.717) is 0 Å². The molecule has 1 saturated carbocycles. The average molecular weight is 340 g/mol. The van der Waals surface area contributed by atoms with Gasteiger partial charge in [0.25, 0.3) is 0 Å². The highest BCUT2D eigenvalue weighted by Crippen LogP contribution is 2.41. The molecule has 0 spiro atoms. The van der Waals surface area contributed by atoms with Crippen molar-refractivity contribution in [3.05, 3.63) is 33.8 Å². The molecule has 0 saturated heterocycles. The zero-order valence-electron chi connectivity index (χ0n) is 12.2. The summed E-state index contributed by atoms with van der Waals surface area (Å²) in [6.45, 7) is 0.848. The van der Waals surface area contributed by atoms with E-state index in [4.69, 9.17) is 0 Å². The SMILES string of the molecule is CN(C)Cc1ccc(C2(C(=O)O)CCCCC2)cc1Br. The number of carboxylic acid groups (broad SMARTS) is 1. The fourth-order valence-electron chi connectivity index (χ4n) is 3.10. The van der Waals surface area contributed by atoms with Crippen LogP contribution >= 0.6 is 15.9 Å². The van der Waals surface area contributed by atoms with Crippen LogP contribution in [-0.4, -0.2) is 30.1 Å². The lowest BCUT2D eigenvalue weighted by Crippen LogP contribution is -2.37. The highest BCUT2D eigenvalue weighted by atomic mass is 79.9. The topological polar surface area (TPSA) is 40.5 Å². The number of hydrogen-bond donors (Lipinski definition) is 1. The zero-order chi connectivity index (χ0) is 14.8. The van der Waals surface area contributed by atoms with Crippen LogP contribution in [0.2, 0.25) is 0 Å². The summed E-state index contributed by atoms with van der Waals surface area (Å²) < 4.78 is 1.01. The molecule has 110 valence electrons. The van der Waals surface area contributed by atoms with Gasteiger partial charge >= 0.3 is 5.97 Å². The van der Waals surface area contributed by atoms with Crippen LogP contribution in [-0.2, 0) is 16.8 Å². The summed E-state index contributed by atoms with van der Waals surface area (Å²) >= 11 is 3.60. The van der Waals surface area contributed by atoms with Gasteiger partial charge in [0.2, 0.25) is 0 Å². The average Bonchev–Trinajstić information content (AvgIpc) is 2.41. The molecule has 1 fully saturated rings. The van der Waals surface area contributed by atoms with E-state index in [1.54, 1.807) is 0 Å². The molecule has 1 aromatic carbocycles. The molecule has 0 amide bonds. The molecular weight excluding hydrogens is 318 g/mol. The maximum Gasteiger partial charge on any atom is 0.314 e. The minimum Gasteiger partial charge on any atom is -0.481 e. The third-order valence-electron chi connectivity index (χ3n) is 4.21. The summed E-state index contributed by atoms with van der Waals surface area (Å²) in [5, 5.41) is 9.72. The first-order valence-corrected chi connectivity index (χ1v) is 7.92. The van der Waals surface area contributed by atoms with Crippen LogP contribution in [0.25, 0.3) is 0 Å². The predicted molar refractivity (Wildman–Crippen MR) is 83.9 cm³/mol. The van der Waals surface area contributed by atoms with Gasteiger partial charge in [0, 0.05) is 11.0 Å². The number of rotatable bonds is 4. The van der Waals surface area contributed by atoms with Crippen molar-refractivity contribution >= 4 is 21.9 Å². The largest absolute Gasteiger partial charge is 0.481 e. The van der Waals surface area contributed by atoms with Crippen molar-refractivity contribution in [2.45, 2.75) is 44.1 Å². The number of carbonyl (C=O) groups is 1. The summed E-state index contributed by atoms with van der Waals surface area (Å²) in [6, 6.07) is 6.07. The van der Waals surface area contributed by atoms with Crippen molar-refractivity contribution < 1.29 is 9.90 Å². The molecule has 0 radical (unpaired) electrons. The molecule has 0 unspecified atom stereocenters. The van der Waals surface area contributed by atoms with Crippen molar-refractivity contribution in [1.82, 2.24) is 4.90 Å². The Morgan fingerprint density at radius 1 is 1.30 bits per heavy atom. The first kappa shape index (κ1) is 15.5. The molecule has 1 aliphatic carbocycles. The molecule has 1 aromatic rings. The van der Waals surface area contributed by atoms with Crippen LogP contribution in [0, 0.1) is 0 Å². The van der Waals surface area contributed by atoms with Gasteiger partial charge in [0.05, 0.1) is 5.41 Å². The molecule has 3 nitrogen and oxygen atoms in total. The Morgan fingerprint density at radius 3 is 2.45 bits per heavy atom. The Morgan fingerprint density at radius 2 is 1.95 bits per heavy atom. The molecule has 1 aliphatic rings. The first-order chi connectivity index (χ1) is 9.45. The second-order valence-corrected chi connectivity index (χ2v) is 6.85. The van der Waals surface area contributed by atoms with Crippen LogP contribution in [0.1, 0.15) is 43.2 Å². The molecule has 0 aromatic heterocycles. The van der Waals surface area contributed by atoms with Crippen LogP contribution < -0.4 is 0 Å². The smallest absolute Gasteiger partial charge is 0.314 e. The summed E-state index contributed by atoms with van der Waals surface area (Å²) in [5.74, 6) is -0.676. The van der Waals surface area contributed by atoms with Gasteiger partial charge in [-0.2, -0.15) is 0 Å². The maximum atomic E-state index is 11.8. The minimum absolute atomic E-state index is 0.676. The van der Waals surface area contributed by atoms with E-state index in [1.165, 1.54) is 5.56 Å². The van der Waals surface area contributed by atoms with Crippen molar-refractivity contribution in [2.24, 2.45) is 0 Å². The lowest BCUT2D eigenvalue weighted by atomic mass is 9.69. The fourth-order valence-corrected chi connectivity index (χ4v) is 3.60. The van der Waals surface area contributed by atoms with Gasteiger partial charge < -0.3 is 10.0 Å². The van der Waals surface area contributed by atoms with Gasteiger partial charge in [0.1, 0.15) is 0 Å². The van der Waals surface area contributed by atoms with Crippen LogP contribution in [0.3, 0.4) is 0 Å². The van der Waals surface area contributed by atoms with Gasteiger partial charge in [-0.15, -0.1) is 0 Å². The maximum absolute atomic E-state index is 11.8. The van der Waals surface area contributed by atoms with Gasteiger partial charge in [-0.25, -0.2) is 0 Å². The van der Waals surface area contributed by atoms with E-state index >= 15 is 0 Å². The van der Waals surface area contributed by atoms with Gasteiger partial charge in [-0.05, 0) is 44.1 Å². The quantitative estimate of drug-likeness (QED) is 0.906. The molecule has 2 rings (SSSR count). The molecule has 20 heavy (non-hydrogen) atoms. The van der Waals surface area contributed by atoms with Crippen molar-refractivity contribution in [1.29, 1.82) is 0 Å². The predicted octanol–water partition coefficient (Wildman–Crippen LogP) is 3.80. The van der Waals surface area contributed by atoms with E-state index in [0.717, 1.165) is 48.7 Å². The summed E-state index contributed by atoms with van der Waals surface area (Å²) in [6.07, 6.45) is 4.66. The molecule has 0 atom stereocenters. The summed E-state index contributed by atoms with van der Waals surface area (Å²) in [7, 11) is 4.06. The number of carboxylic acids is 1. The number of halogens is 1. The highest BCUT2D eigenvalue weighted by Gasteiger charge is 2.41. The summed E-state index contributed by atoms with van der Waals surface area (Å²) in [5.41, 5.74) is 1.45. The first-order valence-electron chi connectivity index (χ1n) is 7.13. The van der Waals surface area contributed by atoms with E-state index in [9.17, 15) is 9.90 Å². The Balaban J connectivity index is 2.35. The number of benzene rings is 1. The molecule has 4 heteroatoms. The lowest BCUT2D eigenvalue weighted by Gasteiger charge is -2.34. The highest BCUT2D eigenvalue weighted by molar-refractivity contribution is 9.10. The monoisotopic (exact) mass is 339 g/mol. The minimum atomic E-state index is -0.683. The normalized spacial score (nSPS) is 18.2. The molecule has 1 N–H and O–H groups in total. The van der Waals surface area contributed by atoms with Crippen LogP contribution in [0.5, 0.6) is 0 Å². The second kappa shape index (κ2) is 6.27. The fraction of sp³-hybridized carbons (Fsp3) is 0.562. The van der Waals surface area contributed by atoms with Crippen molar-refractivity contribution in [3.63, 3.8) is 0 Å². The van der Waals surface area contributed by atoms with Crippen LogP contribution in [0.4, 0.5) is 0 Å². The van der Waals surface area contributed by atoms with Crippen LogP contribution in [0.15, 0.2) is 22.7 Å². The van der Waals surface area contributed by atoms with Crippen molar-refractivity contribution in [2.75, 3.05) is 14.1 Å². The number of aliphatic carboxylic acids is 1. The lowest BCUT2D eigenvalue weighted by molar-refractivity contribution is -0.145. The third-order valence-corrected chi connectivity index (χ3v) is 4.95. The Labute approximate surface area is 129 Å². The Kier molecular flexibility index (Phi) is 4.86. The van der Waals surface area contributed by atoms with Gasteiger partial charge in [-0.3, -0.25) is 4.79 Å². The molecule has 0 aliphatic heterocycles. The number of hydrogen-bond acceptors (Lipinski definition) is 2. The van der Waals surface area contributed by atoms with Crippen molar-refractivity contribution in [3.8, 4) is 0 Å². The zero-order valence-corrected chi connectivity index (χ0v) is 13.7. The number of nitrogens with zero attached hydrogens (tertiary/aromatic N) is 1. The third kappa shape index (κ3) is 3.07. The van der Waals surface area contributed by atoms with E-state index < -0.39 is 11.4 Å². The van der Waals surface area contributed by atoms with E-state index in [-0.39, 0.29) is 0 Å². The van der Waals surface area contributed by atoms with Gasteiger partial charge in [-0.1, -0.05) is 47.3 Å². The standard InChI is InChI=1S/C16H22BrNO2/c1-18(2)11-12-6-7-13(10-14(12)17)16(15(19)20)8-4-3-5-9-16/h6-7,10H,3-5,8-9,11H2,1-2H3,(H,19,20). The Bertz CT molecular complexity index is 493. The van der Waals surface area contributed by atoms with Gasteiger partial charge in [0.15, 0.2) is 0 Å². The van der Waals surface area contributed by atoms with E-state index in [1.807, 2.05) is 26.2 Å². The molecular formula is C16H22BrNO2. The summed E-state index contributed by atoms with van der Waals surface area (Å²) in [4.78, 5) is 13.9. The molecule has 0 heterocycles. The Hall–Kier alpha value is -0.870. The molecule has 0 bridgehead atoms. The second-order valence-electron chi connectivity index (χ2n) is 5.99. The van der Waals surface area contributed by atoms with E-state index in [2.05, 4.69) is 26.9 Å².